The summed E-state index contributed by atoms with van der Waals surface area (Å²) in [6, 6.07) is 19.7. The van der Waals surface area contributed by atoms with Crippen molar-refractivity contribution in [2.24, 2.45) is 5.73 Å². The van der Waals surface area contributed by atoms with Crippen LogP contribution in [0, 0.1) is 17.1 Å². The minimum Gasteiger partial charge on any atom is -0.493 e. The maximum Gasteiger partial charge on any atom is 0.347 e. The van der Waals surface area contributed by atoms with E-state index in [0.717, 1.165) is 12.8 Å². The Morgan fingerprint density at radius 2 is 1.97 bits per heavy atom. The number of nitriles is 1. The highest BCUT2D eigenvalue weighted by Crippen LogP contribution is 2.43. The highest BCUT2D eigenvalue weighted by atomic mass is 19.1. The second-order valence-electron chi connectivity index (χ2n) is 7.77. The normalized spacial score (nSPS) is 14.6. The van der Waals surface area contributed by atoms with Gasteiger partial charge >= 0.3 is 5.97 Å². The molecule has 34 heavy (non-hydrogen) atoms. The van der Waals surface area contributed by atoms with Crippen LogP contribution in [0.1, 0.15) is 47.2 Å². The Morgan fingerprint density at radius 1 is 1.15 bits per heavy atom. The number of nitrogens with two attached hydrogens (primary N) is 1. The zero-order valence-electron chi connectivity index (χ0n) is 18.6. The number of rotatable bonds is 7. The van der Waals surface area contributed by atoms with Gasteiger partial charge < -0.3 is 19.9 Å². The standard InChI is InChI=1S/C27H23FN2O4/c1-2-3-13-32-23-10-5-4-9-21(23)27(31)33-19-11-12-20-24(15-19)34-26(30)22(16-29)25(20)17-7-6-8-18(28)14-17/h4-12,14-15,25H,2-3,13,30H2,1H3. The summed E-state index contributed by atoms with van der Waals surface area (Å²) in [6.45, 7) is 2.56. The number of unbranched alkanes of at least 4 members (excludes halogenated alkanes) is 1. The first kappa shape index (κ1) is 22.9. The lowest BCUT2D eigenvalue weighted by atomic mass is 9.83. The van der Waals surface area contributed by atoms with Crippen LogP contribution in [0.2, 0.25) is 0 Å². The fourth-order valence-electron chi connectivity index (χ4n) is 3.78. The fraction of sp³-hybridized carbons (Fsp3) is 0.185. The number of nitrogens with zero attached hydrogens (tertiary/aromatic N) is 1. The maximum atomic E-state index is 13.9. The van der Waals surface area contributed by atoms with Gasteiger partial charge in [-0.2, -0.15) is 5.26 Å². The van der Waals surface area contributed by atoms with Gasteiger partial charge in [-0.1, -0.05) is 43.7 Å². The number of allylic oxidation sites excluding steroid dienone is 1. The molecule has 1 heterocycles. The van der Waals surface area contributed by atoms with Gasteiger partial charge in [-0.25, -0.2) is 9.18 Å². The predicted octanol–water partition coefficient (Wildman–Crippen LogP) is 5.44. The third-order valence-electron chi connectivity index (χ3n) is 5.45. The molecule has 7 heteroatoms. The summed E-state index contributed by atoms with van der Waals surface area (Å²) in [5.74, 6) is -0.684. The van der Waals surface area contributed by atoms with Gasteiger partial charge in [0.15, 0.2) is 0 Å². The van der Waals surface area contributed by atoms with Gasteiger partial charge in [-0.05, 0) is 42.3 Å². The number of para-hydroxylation sites is 1. The van der Waals surface area contributed by atoms with Crippen LogP contribution in [-0.2, 0) is 0 Å². The minimum atomic E-state index is -0.609. The molecule has 172 valence electrons. The summed E-state index contributed by atoms with van der Waals surface area (Å²) >= 11 is 0. The number of hydrogen-bond acceptors (Lipinski definition) is 6. The van der Waals surface area contributed by atoms with Crippen LogP contribution in [0.4, 0.5) is 4.39 Å². The molecule has 3 aromatic carbocycles. The lowest BCUT2D eigenvalue weighted by molar-refractivity contribution is 0.0730. The number of hydrogen-bond donors (Lipinski definition) is 1. The Bertz CT molecular complexity index is 1300. The van der Waals surface area contributed by atoms with Crippen LogP contribution in [0.5, 0.6) is 17.2 Å². The van der Waals surface area contributed by atoms with Gasteiger partial charge in [0.1, 0.15) is 40.3 Å². The summed E-state index contributed by atoms with van der Waals surface area (Å²) in [5, 5.41) is 9.65. The van der Waals surface area contributed by atoms with Crippen LogP contribution in [0.25, 0.3) is 0 Å². The SMILES string of the molecule is CCCCOc1ccccc1C(=O)Oc1ccc2c(c1)OC(N)=C(C#N)C2c1cccc(F)c1. The zero-order chi connectivity index (χ0) is 24.1. The Hall–Kier alpha value is -4.31. The molecule has 0 saturated heterocycles. The quantitative estimate of drug-likeness (QED) is 0.288. The largest absolute Gasteiger partial charge is 0.493 e. The van der Waals surface area contributed by atoms with Crippen molar-refractivity contribution in [3.05, 3.63) is 101 Å². The molecular formula is C27H23FN2O4. The summed E-state index contributed by atoms with van der Waals surface area (Å²) in [5.41, 5.74) is 7.67. The molecule has 0 aliphatic carbocycles. The molecule has 1 unspecified atom stereocenters. The Labute approximate surface area is 197 Å². The van der Waals surface area contributed by atoms with Gasteiger partial charge in [-0.3, -0.25) is 0 Å². The van der Waals surface area contributed by atoms with E-state index in [2.05, 4.69) is 13.0 Å². The summed E-state index contributed by atoms with van der Waals surface area (Å²) in [6.07, 6.45) is 1.85. The van der Waals surface area contributed by atoms with Crippen LogP contribution >= 0.6 is 0 Å². The molecule has 0 fully saturated rings. The Balaban J connectivity index is 1.63. The molecule has 2 N–H and O–H groups in total. The number of benzene rings is 3. The third-order valence-corrected chi connectivity index (χ3v) is 5.45. The van der Waals surface area contributed by atoms with E-state index in [-0.39, 0.29) is 17.2 Å². The molecular weight excluding hydrogens is 435 g/mol. The molecule has 1 atom stereocenters. The number of esters is 1. The molecule has 1 aliphatic rings. The van der Waals surface area contributed by atoms with Gasteiger partial charge in [0, 0.05) is 11.6 Å². The summed E-state index contributed by atoms with van der Waals surface area (Å²) in [7, 11) is 0. The van der Waals surface area contributed by atoms with Crippen molar-refractivity contribution in [2.45, 2.75) is 25.7 Å². The zero-order valence-corrected chi connectivity index (χ0v) is 18.6. The molecule has 0 radical (unpaired) electrons. The topological polar surface area (TPSA) is 94.6 Å². The summed E-state index contributed by atoms with van der Waals surface area (Å²) < 4.78 is 30.9. The first-order chi connectivity index (χ1) is 16.5. The Morgan fingerprint density at radius 3 is 2.74 bits per heavy atom. The third kappa shape index (κ3) is 4.71. The van der Waals surface area contributed by atoms with Crippen LogP contribution in [0.3, 0.4) is 0 Å². The van der Waals surface area contributed by atoms with E-state index in [1.54, 1.807) is 48.5 Å². The molecule has 6 nitrogen and oxygen atoms in total. The lowest BCUT2D eigenvalue weighted by Crippen LogP contribution is -2.21. The van der Waals surface area contributed by atoms with Crippen molar-refractivity contribution in [3.8, 4) is 23.3 Å². The van der Waals surface area contributed by atoms with E-state index in [1.807, 2.05) is 0 Å². The average molecular weight is 458 g/mol. The highest BCUT2D eigenvalue weighted by molar-refractivity contribution is 5.94. The van der Waals surface area contributed by atoms with Gasteiger partial charge in [0.25, 0.3) is 0 Å². The highest BCUT2D eigenvalue weighted by Gasteiger charge is 2.31. The smallest absolute Gasteiger partial charge is 0.347 e. The van der Waals surface area contributed by atoms with E-state index < -0.39 is 17.7 Å². The minimum absolute atomic E-state index is 0.0811. The molecule has 0 aromatic heterocycles. The average Bonchev–Trinajstić information content (AvgIpc) is 2.83. The molecule has 4 rings (SSSR count). The van der Waals surface area contributed by atoms with Crippen molar-refractivity contribution < 1.29 is 23.4 Å². The van der Waals surface area contributed by atoms with Crippen molar-refractivity contribution in [1.29, 1.82) is 5.26 Å². The van der Waals surface area contributed by atoms with Gasteiger partial charge in [0.2, 0.25) is 5.88 Å². The fourth-order valence-corrected chi connectivity index (χ4v) is 3.78. The maximum absolute atomic E-state index is 13.9. The molecule has 3 aromatic rings. The molecule has 0 amide bonds. The molecule has 1 aliphatic heterocycles. The number of carbonyl (C=O) groups is 1. The van der Waals surface area contributed by atoms with Gasteiger partial charge in [0.05, 0.1) is 12.5 Å². The van der Waals surface area contributed by atoms with E-state index in [1.165, 1.54) is 18.2 Å². The molecule has 0 saturated carbocycles. The predicted molar refractivity (Wildman–Crippen MR) is 124 cm³/mol. The monoisotopic (exact) mass is 458 g/mol. The summed E-state index contributed by atoms with van der Waals surface area (Å²) in [4.78, 5) is 12.9. The Kier molecular flexibility index (Phi) is 6.79. The second kappa shape index (κ2) is 10.1. The molecule has 0 bridgehead atoms. The van der Waals surface area contributed by atoms with E-state index >= 15 is 0 Å². The second-order valence-corrected chi connectivity index (χ2v) is 7.77. The van der Waals surface area contributed by atoms with Gasteiger partial charge in [-0.15, -0.1) is 0 Å². The number of fused-ring (bicyclic) bond motifs is 1. The van der Waals surface area contributed by atoms with Crippen molar-refractivity contribution in [2.75, 3.05) is 6.61 Å². The molecule has 0 spiro atoms. The van der Waals surface area contributed by atoms with E-state index in [0.29, 0.717) is 34.8 Å². The number of ether oxygens (including phenoxy) is 3. The first-order valence-electron chi connectivity index (χ1n) is 10.9. The van der Waals surface area contributed by atoms with E-state index in [4.69, 9.17) is 19.9 Å². The van der Waals surface area contributed by atoms with E-state index in [9.17, 15) is 14.4 Å². The van der Waals surface area contributed by atoms with Crippen molar-refractivity contribution in [3.63, 3.8) is 0 Å². The van der Waals surface area contributed by atoms with Crippen LogP contribution in [-0.4, -0.2) is 12.6 Å². The first-order valence-corrected chi connectivity index (χ1v) is 10.9. The lowest BCUT2D eigenvalue weighted by Gasteiger charge is -2.26. The van der Waals surface area contributed by atoms with Crippen LogP contribution < -0.4 is 19.9 Å². The van der Waals surface area contributed by atoms with Crippen molar-refractivity contribution in [1.82, 2.24) is 0 Å². The van der Waals surface area contributed by atoms with Crippen molar-refractivity contribution >= 4 is 5.97 Å². The van der Waals surface area contributed by atoms with Crippen LogP contribution in [0.15, 0.2) is 78.2 Å². The number of halogens is 1. The number of carbonyl (C=O) groups excluding carboxylic acids is 1.